The largest absolute Gasteiger partial charge is 0.302 e. The van der Waals surface area contributed by atoms with Gasteiger partial charge in [0.2, 0.25) is 5.91 Å². The van der Waals surface area contributed by atoms with Crippen LogP contribution in [0.4, 0.5) is 5.13 Å². The second-order valence-corrected chi connectivity index (χ2v) is 8.97. The number of rotatable bonds is 6. The fourth-order valence-electron chi connectivity index (χ4n) is 2.62. The third-order valence-electron chi connectivity index (χ3n) is 3.95. The fourth-order valence-corrected chi connectivity index (χ4v) is 4.89. The van der Waals surface area contributed by atoms with Crippen molar-refractivity contribution >= 4 is 57.3 Å². The third kappa shape index (κ3) is 5.49. The Bertz CT molecular complexity index is 1110. The Kier molecular flexibility index (Phi) is 7.14. The molecule has 9 heteroatoms. The normalized spacial score (nSPS) is 10.6. The summed E-state index contributed by atoms with van der Waals surface area (Å²) in [5.74, 6) is 0.362. The maximum atomic E-state index is 12.3. The van der Waals surface area contributed by atoms with Crippen molar-refractivity contribution in [1.29, 1.82) is 5.26 Å². The molecule has 0 atom stereocenters. The molecule has 3 aromatic rings. The standard InChI is InChI=1S/C20H16Cl2N4OS2/c1-11-7-12(2)24-19(15(11)9-23)28-6-5-18(27)26-20-25-17(10-29-20)14-4-3-13(21)8-16(14)22/h3-4,7-8,10H,5-6H2,1-2H3,(H,25,26,27). The highest BCUT2D eigenvalue weighted by atomic mass is 35.5. The summed E-state index contributed by atoms with van der Waals surface area (Å²) in [6.45, 7) is 3.77. The fraction of sp³-hybridized carbons (Fsp3) is 0.200. The van der Waals surface area contributed by atoms with Gasteiger partial charge in [-0.15, -0.1) is 23.1 Å². The number of nitrogens with zero attached hydrogens (tertiary/aromatic N) is 3. The molecule has 0 fully saturated rings. The Labute approximate surface area is 187 Å². The molecule has 0 unspecified atom stereocenters. The number of halogens is 2. The van der Waals surface area contributed by atoms with E-state index in [0.29, 0.717) is 37.2 Å². The lowest BCUT2D eigenvalue weighted by Crippen LogP contribution is -2.12. The number of hydrogen-bond donors (Lipinski definition) is 1. The first-order chi connectivity index (χ1) is 13.9. The van der Waals surface area contributed by atoms with Crippen molar-refractivity contribution in [3.05, 3.63) is 56.5 Å². The van der Waals surface area contributed by atoms with Gasteiger partial charge < -0.3 is 5.32 Å². The predicted octanol–water partition coefficient (Wildman–Crippen LogP) is 6.12. The molecule has 2 heterocycles. The van der Waals surface area contributed by atoms with Crippen molar-refractivity contribution < 1.29 is 4.79 Å². The van der Waals surface area contributed by atoms with Crippen LogP contribution in [0.2, 0.25) is 10.0 Å². The van der Waals surface area contributed by atoms with Crippen LogP contribution >= 0.6 is 46.3 Å². The van der Waals surface area contributed by atoms with E-state index in [1.165, 1.54) is 23.1 Å². The van der Waals surface area contributed by atoms with Gasteiger partial charge in [-0.2, -0.15) is 5.26 Å². The molecule has 0 aliphatic heterocycles. The first kappa shape index (κ1) is 21.6. The molecule has 0 bridgehead atoms. The first-order valence-corrected chi connectivity index (χ1v) is 11.2. The van der Waals surface area contributed by atoms with Crippen LogP contribution in [0.5, 0.6) is 0 Å². The number of benzene rings is 1. The number of aromatic nitrogens is 2. The van der Waals surface area contributed by atoms with E-state index in [2.05, 4.69) is 21.4 Å². The van der Waals surface area contributed by atoms with Gasteiger partial charge >= 0.3 is 0 Å². The number of pyridine rings is 1. The zero-order chi connectivity index (χ0) is 21.0. The van der Waals surface area contributed by atoms with Gasteiger partial charge in [0.25, 0.3) is 0 Å². The number of thioether (sulfide) groups is 1. The average molecular weight is 463 g/mol. The number of amides is 1. The lowest BCUT2D eigenvalue weighted by atomic mass is 10.1. The quantitative estimate of drug-likeness (QED) is 0.446. The van der Waals surface area contributed by atoms with Crippen molar-refractivity contribution in [2.24, 2.45) is 0 Å². The molecule has 0 saturated carbocycles. The highest BCUT2D eigenvalue weighted by molar-refractivity contribution is 7.99. The summed E-state index contributed by atoms with van der Waals surface area (Å²) in [5.41, 5.74) is 3.74. The Hall–Kier alpha value is -2.11. The van der Waals surface area contributed by atoms with E-state index < -0.39 is 0 Å². The summed E-state index contributed by atoms with van der Waals surface area (Å²) in [4.78, 5) is 21.1. The van der Waals surface area contributed by atoms with Crippen LogP contribution in [0.15, 0.2) is 34.7 Å². The Morgan fingerprint density at radius 2 is 2.07 bits per heavy atom. The molecule has 148 valence electrons. The molecule has 1 aromatic carbocycles. The zero-order valence-corrected chi connectivity index (χ0v) is 18.8. The summed E-state index contributed by atoms with van der Waals surface area (Å²) >= 11 is 14.9. The number of thiazole rings is 1. The minimum atomic E-state index is -0.150. The summed E-state index contributed by atoms with van der Waals surface area (Å²) in [5, 5.41) is 16.2. The number of carbonyl (C=O) groups is 1. The molecule has 0 radical (unpaired) electrons. The lowest BCUT2D eigenvalue weighted by molar-refractivity contribution is -0.115. The van der Waals surface area contributed by atoms with E-state index in [4.69, 9.17) is 23.2 Å². The number of nitriles is 1. The number of nitrogens with one attached hydrogen (secondary N) is 1. The van der Waals surface area contributed by atoms with Crippen molar-refractivity contribution in [1.82, 2.24) is 9.97 Å². The predicted molar refractivity (Wildman–Crippen MR) is 120 cm³/mol. The van der Waals surface area contributed by atoms with E-state index >= 15 is 0 Å². The number of hydrogen-bond acceptors (Lipinski definition) is 6. The van der Waals surface area contributed by atoms with Gasteiger partial charge in [0.1, 0.15) is 11.1 Å². The second-order valence-electron chi connectivity index (χ2n) is 6.18. The van der Waals surface area contributed by atoms with E-state index in [1.54, 1.807) is 18.2 Å². The molecular formula is C20H16Cl2N4OS2. The Balaban J connectivity index is 1.59. The molecule has 1 amide bonds. The molecule has 1 N–H and O–H groups in total. The summed E-state index contributed by atoms with van der Waals surface area (Å²) in [6, 6.07) is 9.26. The third-order valence-corrected chi connectivity index (χ3v) is 6.23. The topological polar surface area (TPSA) is 78.7 Å². The van der Waals surface area contributed by atoms with Gasteiger partial charge in [-0.1, -0.05) is 23.2 Å². The molecule has 0 aliphatic rings. The summed E-state index contributed by atoms with van der Waals surface area (Å²) in [7, 11) is 0. The van der Waals surface area contributed by atoms with Crippen LogP contribution in [0.1, 0.15) is 23.2 Å². The molecule has 29 heavy (non-hydrogen) atoms. The van der Waals surface area contributed by atoms with E-state index in [1.807, 2.05) is 25.3 Å². The van der Waals surface area contributed by atoms with E-state index in [9.17, 15) is 10.1 Å². The van der Waals surface area contributed by atoms with Gasteiger partial charge in [-0.05, 0) is 43.7 Å². The van der Waals surface area contributed by atoms with Crippen LogP contribution in [-0.4, -0.2) is 21.6 Å². The lowest BCUT2D eigenvalue weighted by Gasteiger charge is -2.07. The molecule has 0 spiro atoms. The van der Waals surface area contributed by atoms with Crippen LogP contribution in [0.3, 0.4) is 0 Å². The molecule has 2 aromatic heterocycles. The molecule has 0 aliphatic carbocycles. The van der Waals surface area contributed by atoms with Gasteiger partial charge in [-0.3, -0.25) is 4.79 Å². The van der Waals surface area contributed by atoms with Gasteiger partial charge in [0, 0.05) is 33.8 Å². The first-order valence-electron chi connectivity index (χ1n) is 8.59. The minimum Gasteiger partial charge on any atom is -0.302 e. The van der Waals surface area contributed by atoms with E-state index in [0.717, 1.165) is 16.8 Å². The highest BCUT2D eigenvalue weighted by Crippen LogP contribution is 2.32. The van der Waals surface area contributed by atoms with Crippen LogP contribution in [-0.2, 0) is 4.79 Å². The van der Waals surface area contributed by atoms with Gasteiger partial charge in [0.05, 0.1) is 16.3 Å². The average Bonchev–Trinajstić information content (AvgIpc) is 3.09. The molecule has 3 rings (SSSR count). The van der Waals surface area contributed by atoms with Crippen molar-refractivity contribution in [3.8, 4) is 17.3 Å². The summed E-state index contributed by atoms with van der Waals surface area (Å²) in [6.07, 6.45) is 0.279. The number of anilines is 1. The van der Waals surface area contributed by atoms with Crippen molar-refractivity contribution in [2.45, 2.75) is 25.3 Å². The number of carbonyl (C=O) groups excluding carboxylic acids is 1. The number of aryl methyl sites for hydroxylation is 2. The van der Waals surface area contributed by atoms with Crippen molar-refractivity contribution in [3.63, 3.8) is 0 Å². The molecule has 5 nitrogen and oxygen atoms in total. The SMILES string of the molecule is Cc1cc(C)c(C#N)c(SCCC(=O)Nc2nc(-c3ccc(Cl)cc3Cl)cs2)n1. The Morgan fingerprint density at radius 1 is 1.28 bits per heavy atom. The minimum absolute atomic E-state index is 0.150. The van der Waals surface area contributed by atoms with Gasteiger partial charge in [-0.25, -0.2) is 9.97 Å². The smallest absolute Gasteiger partial charge is 0.226 e. The summed E-state index contributed by atoms with van der Waals surface area (Å²) < 4.78 is 0. The second kappa shape index (κ2) is 9.59. The molecular weight excluding hydrogens is 447 g/mol. The zero-order valence-electron chi connectivity index (χ0n) is 15.6. The van der Waals surface area contributed by atoms with E-state index in [-0.39, 0.29) is 12.3 Å². The Morgan fingerprint density at radius 3 is 2.79 bits per heavy atom. The maximum Gasteiger partial charge on any atom is 0.226 e. The maximum absolute atomic E-state index is 12.3. The van der Waals surface area contributed by atoms with Crippen LogP contribution < -0.4 is 5.32 Å². The molecule has 0 saturated heterocycles. The van der Waals surface area contributed by atoms with Gasteiger partial charge in [0.15, 0.2) is 5.13 Å². The van der Waals surface area contributed by atoms with Crippen molar-refractivity contribution in [2.75, 3.05) is 11.1 Å². The highest BCUT2D eigenvalue weighted by Gasteiger charge is 2.13. The monoisotopic (exact) mass is 462 g/mol. The van der Waals surface area contributed by atoms with Crippen LogP contribution in [0.25, 0.3) is 11.3 Å². The van der Waals surface area contributed by atoms with Crippen LogP contribution in [0, 0.1) is 25.2 Å².